The van der Waals surface area contributed by atoms with Crippen molar-refractivity contribution in [3.05, 3.63) is 0 Å². The van der Waals surface area contributed by atoms with Gasteiger partial charge in [0.05, 0.1) is 0 Å². The number of nitrogens with zero attached hydrogens (tertiary/aromatic N) is 1. The molecule has 3 heteroatoms. The summed E-state index contributed by atoms with van der Waals surface area (Å²) >= 11 is 0. The molecule has 1 saturated carbocycles. The molecule has 1 unspecified atom stereocenters. The molecule has 0 amide bonds. The van der Waals surface area contributed by atoms with Crippen molar-refractivity contribution in [1.82, 2.24) is 4.90 Å². The van der Waals surface area contributed by atoms with E-state index in [4.69, 9.17) is 5.11 Å². The fourth-order valence-electron chi connectivity index (χ4n) is 3.00. The molecule has 1 atom stereocenters. The van der Waals surface area contributed by atoms with Gasteiger partial charge in [0.2, 0.25) is 0 Å². The van der Waals surface area contributed by atoms with Crippen LogP contribution in [-0.4, -0.2) is 35.1 Å². The van der Waals surface area contributed by atoms with Gasteiger partial charge in [0.15, 0.2) is 0 Å². The van der Waals surface area contributed by atoms with Crippen LogP contribution in [-0.2, 0) is 4.79 Å². The number of likely N-dealkylation sites (tertiary alicyclic amines) is 1. The Hall–Kier alpha value is -0.570. The molecule has 2 rings (SSSR count). The van der Waals surface area contributed by atoms with Crippen LogP contribution in [0.4, 0.5) is 0 Å². The smallest absolute Gasteiger partial charge is 0.303 e. The van der Waals surface area contributed by atoms with Gasteiger partial charge in [-0.05, 0) is 44.1 Å². The van der Waals surface area contributed by atoms with Crippen molar-refractivity contribution in [3.63, 3.8) is 0 Å². The van der Waals surface area contributed by atoms with Crippen molar-refractivity contribution in [2.45, 2.75) is 45.1 Å². The average Bonchev–Trinajstić information content (AvgIpc) is 2.12. The number of aliphatic carboxylic acids is 1. The summed E-state index contributed by atoms with van der Waals surface area (Å²) in [6.45, 7) is 4.51. The molecule has 15 heavy (non-hydrogen) atoms. The molecule has 1 aliphatic carbocycles. The van der Waals surface area contributed by atoms with Crippen molar-refractivity contribution in [1.29, 1.82) is 0 Å². The third kappa shape index (κ3) is 2.71. The molecule has 0 radical (unpaired) electrons. The normalized spacial score (nSPS) is 37.3. The van der Waals surface area contributed by atoms with Gasteiger partial charge >= 0.3 is 5.97 Å². The summed E-state index contributed by atoms with van der Waals surface area (Å²) in [4.78, 5) is 13.2. The summed E-state index contributed by atoms with van der Waals surface area (Å²) in [5.74, 6) is 0.644. The SMILES string of the molecule is CC1CC(N2CCCC(CC(=O)O)C2)C1. The number of hydrogen-bond acceptors (Lipinski definition) is 2. The summed E-state index contributed by atoms with van der Waals surface area (Å²) < 4.78 is 0. The summed E-state index contributed by atoms with van der Waals surface area (Å²) in [6, 6.07) is 0.761. The van der Waals surface area contributed by atoms with Gasteiger partial charge in [-0.1, -0.05) is 6.92 Å². The zero-order valence-electron chi connectivity index (χ0n) is 9.48. The van der Waals surface area contributed by atoms with Crippen LogP contribution in [0.2, 0.25) is 0 Å². The maximum atomic E-state index is 10.7. The van der Waals surface area contributed by atoms with Crippen molar-refractivity contribution < 1.29 is 9.90 Å². The summed E-state index contributed by atoms with van der Waals surface area (Å²) in [6.07, 6.45) is 5.28. The van der Waals surface area contributed by atoms with E-state index in [0.29, 0.717) is 12.3 Å². The summed E-state index contributed by atoms with van der Waals surface area (Å²) in [5, 5.41) is 8.79. The Morgan fingerprint density at radius 2 is 2.20 bits per heavy atom. The van der Waals surface area contributed by atoms with E-state index in [9.17, 15) is 4.79 Å². The van der Waals surface area contributed by atoms with E-state index in [1.54, 1.807) is 0 Å². The number of piperidine rings is 1. The minimum atomic E-state index is -0.635. The second-order valence-electron chi connectivity index (χ2n) is 5.33. The zero-order chi connectivity index (χ0) is 10.8. The molecule has 1 heterocycles. The largest absolute Gasteiger partial charge is 0.481 e. The van der Waals surface area contributed by atoms with Crippen molar-refractivity contribution >= 4 is 5.97 Å². The molecule has 1 saturated heterocycles. The Morgan fingerprint density at radius 3 is 2.80 bits per heavy atom. The highest BCUT2D eigenvalue weighted by Gasteiger charge is 2.33. The van der Waals surface area contributed by atoms with E-state index in [2.05, 4.69) is 11.8 Å². The van der Waals surface area contributed by atoms with E-state index in [-0.39, 0.29) is 0 Å². The molecule has 1 N–H and O–H groups in total. The Labute approximate surface area is 91.5 Å². The maximum absolute atomic E-state index is 10.7. The van der Waals surface area contributed by atoms with Crippen LogP contribution in [0.1, 0.15) is 39.0 Å². The molecule has 0 bridgehead atoms. The number of carboxylic acids is 1. The van der Waals surface area contributed by atoms with E-state index in [0.717, 1.165) is 24.9 Å². The first-order valence-corrected chi connectivity index (χ1v) is 6.11. The van der Waals surface area contributed by atoms with Crippen LogP contribution in [0.3, 0.4) is 0 Å². The van der Waals surface area contributed by atoms with Crippen LogP contribution < -0.4 is 0 Å². The first-order chi connectivity index (χ1) is 7.15. The van der Waals surface area contributed by atoms with Gasteiger partial charge in [0.1, 0.15) is 0 Å². The number of carboxylic acid groups (broad SMARTS) is 1. The van der Waals surface area contributed by atoms with Gasteiger partial charge in [-0.3, -0.25) is 4.79 Å². The Morgan fingerprint density at radius 1 is 1.47 bits per heavy atom. The quantitative estimate of drug-likeness (QED) is 0.776. The molecule has 0 spiro atoms. The van der Waals surface area contributed by atoms with Crippen molar-refractivity contribution in [2.24, 2.45) is 11.8 Å². The molecule has 0 aromatic rings. The van der Waals surface area contributed by atoms with E-state index in [1.807, 2.05) is 0 Å². The molecule has 2 fully saturated rings. The lowest BCUT2D eigenvalue weighted by Crippen LogP contribution is -2.48. The highest BCUT2D eigenvalue weighted by molar-refractivity contribution is 5.67. The van der Waals surface area contributed by atoms with Crippen LogP contribution in [0.5, 0.6) is 0 Å². The van der Waals surface area contributed by atoms with Gasteiger partial charge in [0, 0.05) is 19.0 Å². The molecule has 1 aliphatic heterocycles. The van der Waals surface area contributed by atoms with Crippen LogP contribution in [0, 0.1) is 11.8 Å². The molecule has 2 aliphatic rings. The minimum Gasteiger partial charge on any atom is -0.481 e. The molecule has 3 nitrogen and oxygen atoms in total. The third-order valence-corrected chi connectivity index (χ3v) is 3.88. The summed E-state index contributed by atoms with van der Waals surface area (Å²) in [5.41, 5.74) is 0. The monoisotopic (exact) mass is 211 g/mol. The standard InChI is InChI=1S/C12H21NO2/c1-9-5-11(6-9)13-4-2-3-10(8-13)7-12(14)15/h9-11H,2-8H2,1H3,(H,14,15). The maximum Gasteiger partial charge on any atom is 0.303 e. The van der Waals surface area contributed by atoms with Crippen molar-refractivity contribution in [2.75, 3.05) is 13.1 Å². The van der Waals surface area contributed by atoms with Crippen molar-refractivity contribution in [3.8, 4) is 0 Å². The topological polar surface area (TPSA) is 40.5 Å². The van der Waals surface area contributed by atoms with E-state index in [1.165, 1.54) is 25.8 Å². The molecular formula is C12H21NO2. The minimum absolute atomic E-state index is 0.360. The molecule has 0 aromatic heterocycles. The zero-order valence-corrected chi connectivity index (χ0v) is 9.48. The molecule has 0 aromatic carbocycles. The van der Waals surface area contributed by atoms with E-state index < -0.39 is 5.97 Å². The predicted octanol–water partition coefficient (Wildman–Crippen LogP) is 1.97. The van der Waals surface area contributed by atoms with Gasteiger partial charge in [-0.25, -0.2) is 0 Å². The van der Waals surface area contributed by atoms with E-state index >= 15 is 0 Å². The number of rotatable bonds is 3. The predicted molar refractivity (Wildman–Crippen MR) is 58.7 cm³/mol. The van der Waals surface area contributed by atoms with Gasteiger partial charge in [-0.2, -0.15) is 0 Å². The highest BCUT2D eigenvalue weighted by atomic mass is 16.4. The number of hydrogen-bond donors (Lipinski definition) is 1. The van der Waals surface area contributed by atoms with Crippen LogP contribution in [0.15, 0.2) is 0 Å². The van der Waals surface area contributed by atoms with Gasteiger partial charge < -0.3 is 10.0 Å². The van der Waals surface area contributed by atoms with Crippen LogP contribution >= 0.6 is 0 Å². The molecular weight excluding hydrogens is 190 g/mol. The van der Waals surface area contributed by atoms with Gasteiger partial charge in [0.25, 0.3) is 0 Å². The Bertz CT molecular complexity index is 236. The lowest BCUT2D eigenvalue weighted by atomic mass is 9.79. The fourth-order valence-corrected chi connectivity index (χ4v) is 3.00. The summed E-state index contributed by atoms with van der Waals surface area (Å²) in [7, 11) is 0. The Balaban J connectivity index is 1.79. The average molecular weight is 211 g/mol. The fraction of sp³-hybridized carbons (Fsp3) is 0.917. The second-order valence-corrected chi connectivity index (χ2v) is 5.33. The van der Waals surface area contributed by atoms with Gasteiger partial charge in [-0.15, -0.1) is 0 Å². The Kier molecular flexibility index (Phi) is 3.29. The third-order valence-electron chi connectivity index (χ3n) is 3.88. The first kappa shape index (κ1) is 10.9. The molecule has 86 valence electrons. The lowest BCUT2D eigenvalue weighted by molar-refractivity contribution is -0.138. The highest BCUT2D eigenvalue weighted by Crippen LogP contribution is 2.34. The van der Waals surface area contributed by atoms with Crippen LogP contribution in [0.25, 0.3) is 0 Å². The first-order valence-electron chi connectivity index (χ1n) is 6.11. The second kappa shape index (κ2) is 4.52. The number of carbonyl (C=O) groups is 1. The lowest BCUT2D eigenvalue weighted by Gasteiger charge is -2.45.